The summed E-state index contributed by atoms with van der Waals surface area (Å²) in [5, 5.41) is 0. The Bertz CT molecular complexity index is 367. The molecule has 0 spiro atoms. The summed E-state index contributed by atoms with van der Waals surface area (Å²) in [4.78, 5) is 25.2. The lowest BCUT2D eigenvalue weighted by Crippen LogP contribution is -2.49. The topological polar surface area (TPSA) is 52.6 Å². The molecule has 3 aliphatic carbocycles. The third-order valence-electron chi connectivity index (χ3n) is 5.64. The van der Waals surface area contributed by atoms with Crippen LogP contribution >= 0.6 is 0 Å². The van der Waals surface area contributed by atoms with Gasteiger partial charge in [-0.25, -0.2) is 0 Å². The van der Waals surface area contributed by atoms with E-state index >= 15 is 0 Å². The smallest absolute Gasteiger partial charge is 0.323 e. The quantitative estimate of drug-likeness (QED) is 0.583. The Labute approximate surface area is 132 Å². The maximum absolute atomic E-state index is 12.6. The molecule has 0 saturated heterocycles. The van der Waals surface area contributed by atoms with Crippen molar-refractivity contribution < 1.29 is 19.1 Å². The van der Waals surface area contributed by atoms with Gasteiger partial charge in [0.15, 0.2) is 5.41 Å². The Morgan fingerprint density at radius 2 is 1.05 bits per heavy atom. The van der Waals surface area contributed by atoms with Crippen molar-refractivity contribution in [3.63, 3.8) is 0 Å². The fraction of sp³-hybridized carbons (Fsp3) is 0.889. The lowest BCUT2D eigenvalue weighted by molar-refractivity contribution is -0.187. The fourth-order valence-electron chi connectivity index (χ4n) is 3.92. The third-order valence-corrected chi connectivity index (χ3v) is 5.64. The summed E-state index contributed by atoms with van der Waals surface area (Å²) in [6.45, 7) is 0. The number of rotatable bonds is 4. The van der Waals surface area contributed by atoms with E-state index in [0.717, 1.165) is 57.8 Å². The van der Waals surface area contributed by atoms with E-state index in [1.165, 1.54) is 12.8 Å². The first kappa shape index (κ1) is 15.8. The monoisotopic (exact) mass is 308 g/mol. The molecule has 0 unspecified atom stereocenters. The van der Waals surface area contributed by atoms with Crippen LogP contribution in [0.4, 0.5) is 0 Å². The molecule has 0 aromatic heterocycles. The first-order valence-corrected chi connectivity index (χ1v) is 9.13. The largest absolute Gasteiger partial charge is 0.462 e. The van der Waals surface area contributed by atoms with Gasteiger partial charge in [-0.15, -0.1) is 0 Å². The second-order valence-electron chi connectivity index (χ2n) is 7.27. The van der Waals surface area contributed by atoms with Crippen molar-refractivity contribution >= 4 is 11.9 Å². The average molecular weight is 308 g/mol. The maximum atomic E-state index is 12.6. The van der Waals surface area contributed by atoms with E-state index in [2.05, 4.69) is 0 Å². The summed E-state index contributed by atoms with van der Waals surface area (Å²) in [7, 11) is 0. The van der Waals surface area contributed by atoms with Crippen molar-refractivity contribution in [3.05, 3.63) is 0 Å². The zero-order valence-corrected chi connectivity index (χ0v) is 13.5. The van der Waals surface area contributed by atoms with Crippen molar-refractivity contribution in [3.8, 4) is 0 Å². The Hall–Kier alpha value is -1.06. The molecule has 22 heavy (non-hydrogen) atoms. The van der Waals surface area contributed by atoms with Crippen molar-refractivity contribution in [2.45, 2.75) is 95.7 Å². The molecule has 0 heterocycles. The molecular weight excluding hydrogens is 280 g/mol. The van der Waals surface area contributed by atoms with Crippen LogP contribution in [0.3, 0.4) is 0 Å². The second-order valence-corrected chi connectivity index (χ2v) is 7.27. The number of carbonyl (C=O) groups is 2. The molecule has 3 fully saturated rings. The van der Waals surface area contributed by atoms with E-state index < -0.39 is 5.41 Å². The van der Waals surface area contributed by atoms with Crippen LogP contribution in [0, 0.1) is 5.41 Å². The molecule has 0 atom stereocenters. The van der Waals surface area contributed by atoms with Crippen LogP contribution in [-0.4, -0.2) is 24.1 Å². The highest BCUT2D eigenvalue weighted by Crippen LogP contribution is 2.44. The minimum Gasteiger partial charge on any atom is -0.462 e. The van der Waals surface area contributed by atoms with Crippen LogP contribution in [0.5, 0.6) is 0 Å². The molecule has 3 saturated carbocycles. The van der Waals surface area contributed by atoms with Gasteiger partial charge in [-0.05, 0) is 70.6 Å². The Kier molecular flexibility index (Phi) is 5.04. The van der Waals surface area contributed by atoms with Crippen molar-refractivity contribution in [1.29, 1.82) is 0 Å². The Balaban J connectivity index is 1.57. The highest BCUT2D eigenvalue weighted by Gasteiger charge is 2.54. The SMILES string of the molecule is O=C(OC1CCCCC1)C1(C(=O)OC2CCCCC2)CCC1. The van der Waals surface area contributed by atoms with Gasteiger partial charge in [0.25, 0.3) is 0 Å². The number of esters is 2. The summed E-state index contributed by atoms with van der Waals surface area (Å²) >= 11 is 0. The van der Waals surface area contributed by atoms with Crippen LogP contribution in [0.15, 0.2) is 0 Å². The van der Waals surface area contributed by atoms with Crippen molar-refractivity contribution in [2.75, 3.05) is 0 Å². The van der Waals surface area contributed by atoms with Crippen molar-refractivity contribution in [2.24, 2.45) is 5.41 Å². The van der Waals surface area contributed by atoms with E-state index in [1.807, 2.05) is 0 Å². The zero-order chi connectivity index (χ0) is 15.4. The van der Waals surface area contributed by atoms with Gasteiger partial charge < -0.3 is 9.47 Å². The zero-order valence-electron chi connectivity index (χ0n) is 13.5. The van der Waals surface area contributed by atoms with E-state index in [4.69, 9.17) is 9.47 Å². The van der Waals surface area contributed by atoms with Gasteiger partial charge in [0.05, 0.1) is 0 Å². The van der Waals surface area contributed by atoms with Crippen LogP contribution in [-0.2, 0) is 19.1 Å². The average Bonchev–Trinajstić information content (AvgIpc) is 2.48. The molecule has 4 nitrogen and oxygen atoms in total. The summed E-state index contributed by atoms with van der Waals surface area (Å²) in [5.74, 6) is -0.627. The summed E-state index contributed by atoms with van der Waals surface area (Å²) in [6.07, 6.45) is 12.9. The molecule has 0 aromatic rings. The lowest BCUT2D eigenvalue weighted by Gasteiger charge is -2.39. The molecule has 0 N–H and O–H groups in total. The van der Waals surface area contributed by atoms with E-state index in [0.29, 0.717) is 12.8 Å². The first-order valence-electron chi connectivity index (χ1n) is 9.13. The molecule has 3 aliphatic rings. The van der Waals surface area contributed by atoms with Gasteiger partial charge in [-0.1, -0.05) is 12.8 Å². The highest BCUT2D eigenvalue weighted by atomic mass is 16.6. The fourth-order valence-corrected chi connectivity index (χ4v) is 3.92. The summed E-state index contributed by atoms with van der Waals surface area (Å²) in [5.41, 5.74) is -0.977. The molecule has 0 aromatic carbocycles. The predicted octanol–water partition coefficient (Wildman–Crippen LogP) is 3.91. The second kappa shape index (κ2) is 7.01. The van der Waals surface area contributed by atoms with Gasteiger partial charge in [-0.2, -0.15) is 0 Å². The van der Waals surface area contributed by atoms with E-state index in [9.17, 15) is 9.59 Å². The van der Waals surface area contributed by atoms with E-state index in [1.54, 1.807) is 0 Å². The Morgan fingerprint density at radius 1 is 0.636 bits per heavy atom. The third kappa shape index (κ3) is 3.31. The molecule has 0 amide bonds. The first-order chi connectivity index (χ1) is 10.7. The molecule has 0 bridgehead atoms. The number of carbonyl (C=O) groups excluding carboxylic acids is 2. The lowest BCUT2D eigenvalue weighted by atomic mass is 9.68. The highest BCUT2D eigenvalue weighted by molar-refractivity contribution is 6.01. The Morgan fingerprint density at radius 3 is 1.36 bits per heavy atom. The van der Waals surface area contributed by atoms with E-state index in [-0.39, 0.29) is 24.1 Å². The number of ether oxygens (including phenoxy) is 2. The molecule has 3 rings (SSSR count). The number of hydrogen-bond acceptors (Lipinski definition) is 4. The normalized spacial score (nSPS) is 26.0. The number of hydrogen-bond donors (Lipinski definition) is 0. The molecule has 124 valence electrons. The predicted molar refractivity (Wildman–Crippen MR) is 82.2 cm³/mol. The van der Waals surface area contributed by atoms with Gasteiger partial charge >= 0.3 is 11.9 Å². The molecular formula is C18H28O4. The van der Waals surface area contributed by atoms with Crippen LogP contribution in [0.25, 0.3) is 0 Å². The van der Waals surface area contributed by atoms with Crippen LogP contribution in [0.1, 0.15) is 83.5 Å². The summed E-state index contributed by atoms with van der Waals surface area (Å²) in [6, 6.07) is 0. The van der Waals surface area contributed by atoms with Gasteiger partial charge in [-0.3, -0.25) is 9.59 Å². The van der Waals surface area contributed by atoms with Gasteiger partial charge in [0.1, 0.15) is 12.2 Å². The molecule has 0 aliphatic heterocycles. The van der Waals surface area contributed by atoms with Gasteiger partial charge in [0, 0.05) is 0 Å². The standard InChI is InChI=1S/C18H28O4/c19-16(21-14-8-3-1-4-9-14)18(12-7-13-18)17(20)22-15-10-5-2-6-11-15/h14-15H,1-13H2. The minimum absolute atomic E-state index is 0.0150. The van der Waals surface area contributed by atoms with Crippen LogP contribution in [0.2, 0.25) is 0 Å². The van der Waals surface area contributed by atoms with Gasteiger partial charge in [0.2, 0.25) is 0 Å². The minimum atomic E-state index is -0.977. The maximum Gasteiger partial charge on any atom is 0.323 e. The van der Waals surface area contributed by atoms with Crippen LogP contribution < -0.4 is 0 Å². The van der Waals surface area contributed by atoms with Crippen molar-refractivity contribution in [1.82, 2.24) is 0 Å². The molecule has 4 heteroatoms. The summed E-state index contributed by atoms with van der Waals surface area (Å²) < 4.78 is 11.3. The molecule has 0 radical (unpaired) electrons.